The number of rotatable bonds is 3. The number of benzene rings is 1. The Morgan fingerprint density at radius 1 is 1.37 bits per heavy atom. The van der Waals surface area contributed by atoms with Crippen molar-refractivity contribution in [1.82, 2.24) is 10.3 Å². The van der Waals surface area contributed by atoms with Crippen molar-refractivity contribution in [2.45, 2.75) is 0 Å². The molecule has 0 spiro atoms. The van der Waals surface area contributed by atoms with Crippen LogP contribution in [0.4, 0.5) is 15.9 Å². The van der Waals surface area contributed by atoms with Gasteiger partial charge in [-0.3, -0.25) is 4.79 Å². The van der Waals surface area contributed by atoms with Gasteiger partial charge in [0.25, 0.3) is 5.91 Å². The maximum atomic E-state index is 13.1. The van der Waals surface area contributed by atoms with Crippen molar-refractivity contribution >= 4 is 23.4 Å². The number of hydrogen-bond acceptors (Lipinski definition) is 6. The van der Waals surface area contributed by atoms with E-state index in [-0.39, 0.29) is 22.8 Å². The second-order valence-electron chi connectivity index (χ2n) is 3.45. The van der Waals surface area contributed by atoms with Gasteiger partial charge in [-0.2, -0.15) is 0 Å². The second kappa shape index (κ2) is 4.72. The summed E-state index contributed by atoms with van der Waals surface area (Å²) in [7, 11) is 0. The van der Waals surface area contributed by atoms with Gasteiger partial charge in [-0.25, -0.2) is 13.8 Å². The van der Waals surface area contributed by atoms with Crippen LogP contribution in [0.15, 0.2) is 22.8 Å². The minimum Gasteiger partial charge on any atom is -0.478 e. The lowest BCUT2D eigenvalue weighted by Crippen LogP contribution is -2.16. The van der Waals surface area contributed by atoms with Gasteiger partial charge in [0.1, 0.15) is 5.82 Å². The number of carboxylic acid groups (broad SMARTS) is 1. The van der Waals surface area contributed by atoms with E-state index < -0.39 is 17.7 Å². The molecule has 0 bridgehead atoms. The summed E-state index contributed by atoms with van der Waals surface area (Å²) in [5.74, 6) is -3.13. The zero-order chi connectivity index (χ0) is 14.0. The molecule has 0 radical (unpaired) electrons. The Morgan fingerprint density at radius 3 is 2.68 bits per heavy atom. The first kappa shape index (κ1) is 12.5. The summed E-state index contributed by atoms with van der Waals surface area (Å²) >= 11 is 0. The Hall–Kier alpha value is -2.97. The van der Waals surface area contributed by atoms with Gasteiger partial charge in [-0.05, 0) is 28.5 Å². The normalized spacial score (nSPS) is 10.2. The molecule has 0 unspecified atom stereocenters. The van der Waals surface area contributed by atoms with Gasteiger partial charge in [-0.15, -0.1) is 0 Å². The topological polar surface area (TPSA) is 131 Å². The number of aromatic nitrogens is 2. The summed E-state index contributed by atoms with van der Waals surface area (Å²) in [6, 6.07) is 2.86. The fraction of sp³-hybridized carbons (Fsp3) is 0. The predicted molar refractivity (Wildman–Crippen MR) is 60.0 cm³/mol. The number of halogens is 1. The molecule has 0 aliphatic rings. The Balaban J connectivity index is 2.33. The van der Waals surface area contributed by atoms with Crippen molar-refractivity contribution in [3.05, 3.63) is 35.3 Å². The van der Waals surface area contributed by atoms with Crippen molar-refractivity contribution in [2.75, 3.05) is 11.1 Å². The lowest BCUT2D eigenvalue weighted by molar-refractivity contribution is 0.0698. The lowest BCUT2D eigenvalue weighted by atomic mass is 10.1. The molecule has 1 heterocycles. The maximum Gasteiger partial charge on any atom is 0.337 e. The fourth-order valence-corrected chi connectivity index (χ4v) is 1.34. The number of amides is 1. The maximum absolute atomic E-state index is 13.1. The lowest BCUT2D eigenvalue weighted by Gasteiger charge is -2.07. The second-order valence-corrected chi connectivity index (χ2v) is 3.45. The van der Waals surface area contributed by atoms with Crippen LogP contribution in [0.25, 0.3) is 0 Å². The number of carboxylic acids is 1. The van der Waals surface area contributed by atoms with Crippen molar-refractivity contribution in [2.24, 2.45) is 0 Å². The van der Waals surface area contributed by atoms with E-state index in [4.69, 9.17) is 10.8 Å². The largest absolute Gasteiger partial charge is 0.478 e. The number of hydrogen-bond donors (Lipinski definition) is 3. The zero-order valence-electron chi connectivity index (χ0n) is 9.25. The van der Waals surface area contributed by atoms with E-state index >= 15 is 0 Å². The Labute approximate surface area is 105 Å². The minimum absolute atomic E-state index is 0.222. The van der Waals surface area contributed by atoms with Crippen molar-refractivity contribution in [3.8, 4) is 0 Å². The van der Waals surface area contributed by atoms with Gasteiger partial charge in [0.15, 0.2) is 0 Å². The number of aromatic carboxylic acids is 1. The Kier molecular flexibility index (Phi) is 3.10. The fourth-order valence-electron chi connectivity index (χ4n) is 1.34. The molecule has 4 N–H and O–H groups in total. The van der Waals surface area contributed by atoms with E-state index in [1.54, 1.807) is 0 Å². The first-order chi connectivity index (χ1) is 8.99. The average Bonchev–Trinajstić information content (AvgIpc) is 2.75. The molecule has 0 aliphatic carbocycles. The van der Waals surface area contributed by atoms with E-state index in [1.807, 2.05) is 0 Å². The van der Waals surface area contributed by atoms with Crippen molar-refractivity contribution < 1.29 is 23.7 Å². The number of nitrogen functional groups attached to an aromatic ring is 1. The number of carbonyl (C=O) groups is 2. The van der Waals surface area contributed by atoms with E-state index in [9.17, 15) is 14.0 Å². The van der Waals surface area contributed by atoms with Gasteiger partial charge in [0, 0.05) is 0 Å². The number of nitrogens with one attached hydrogen (secondary N) is 1. The van der Waals surface area contributed by atoms with Gasteiger partial charge in [0.05, 0.1) is 11.3 Å². The Morgan fingerprint density at radius 2 is 2.11 bits per heavy atom. The quantitative estimate of drug-likeness (QED) is 0.746. The van der Waals surface area contributed by atoms with Crippen molar-refractivity contribution in [1.29, 1.82) is 0 Å². The van der Waals surface area contributed by atoms with E-state index in [2.05, 4.69) is 20.3 Å². The summed E-state index contributed by atoms with van der Waals surface area (Å²) in [6.07, 6.45) is 0. The third-order valence-electron chi connectivity index (χ3n) is 2.19. The SMILES string of the molecule is Nc1nonc1C(=O)Nc1cc(F)ccc1C(=O)O. The molecule has 0 aliphatic heterocycles. The molecule has 1 aromatic carbocycles. The van der Waals surface area contributed by atoms with Gasteiger partial charge in [-0.1, -0.05) is 0 Å². The minimum atomic E-state index is -1.32. The monoisotopic (exact) mass is 266 g/mol. The molecule has 2 aromatic rings. The number of nitrogens with zero attached hydrogens (tertiary/aromatic N) is 2. The number of carbonyl (C=O) groups excluding carboxylic acids is 1. The van der Waals surface area contributed by atoms with Crippen LogP contribution >= 0.6 is 0 Å². The third kappa shape index (κ3) is 2.49. The molecule has 2 rings (SSSR count). The molecule has 0 saturated carbocycles. The van der Waals surface area contributed by atoms with Gasteiger partial charge < -0.3 is 16.2 Å². The van der Waals surface area contributed by atoms with Gasteiger partial charge >= 0.3 is 5.97 Å². The molecular formula is C10H7FN4O4. The summed E-state index contributed by atoms with van der Waals surface area (Å²) < 4.78 is 17.3. The zero-order valence-corrected chi connectivity index (χ0v) is 9.25. The number of anilines is 2. The van der Waals surface area contributed by atoms with E-state index in [0.29, 0.717) is 0 Å². The van der Waals surface area contributed by atoms with Crippen LogP contribution < -0.4 is 11.1 Å². The van der Waals surface area contributed by atoms with Crippen LogP contribution in [0.2, 0.25) is 0 Å². The highest BCUT2D eigenvalue weighted by molar-refractivity contribution is 6.08. The summed E-state index contributed by atoms with van der Waals surface area (Å²) in [5, 5.41) is 17.5. The highest BCUT2D eigenvalue weighted by Gasteiger charge is 2.19. The molecule has 0 atom stereocenters. The van der Waals surface area contributed by atoms with Crippen LogP contribution in [-0.2, 0) is 0 Å². The molecule has 8 nitrogen and oxygen atoms in total. The predicted octanol–water partition coefficient (Wildman–Crippen LogP) is 0.741. The summed E-state index contributed by atoms with van der Waals surface area (Å²) in [6.45, 7) is 0. The molecule has 19 heavy (non-hydrogen) atoms. The standard InChI is InChI=1S/C10H7FN4O4/c11-4-1-2-5(10(17)18)6(3-4)13-9(16)7-8(12)15-19-14-7/h1-3H,(H2,12,15)(H,13,16)(H,17,18). The van der Waals surface area contributed by atoms with Crippen LogP contribution in [-0.4, -0.2) is 27.3 Å². The molecule has 0 saturated heterocycles. The van der Waals surface area contributed by atoms with E-state index in [1.165, 1.54) is 0 Å². The van der Waals surface area contributed by atoms with Crippen LogP contribution in [0, 0.1) is 5.82 Å². The highest BCUT2D eigenvalue weighted by Crippen LogP contribution is 2.18. The molecule has 1 amide bonds. The van der Waals surface area contributed by atoms with Crippen LogP contribution in [0.5, 0.6) is 0 Å². The van der Waals surface area contributed by atoms with Crippen LogP contribution in [0.3, 0.4) is 0 Å². The first-order valence-electron chi connectivity index (χ1n) is 4.91. The van der Waals surface area contributed by atoms with Crippen molar-refractivity contribution in [3.63, 3.8) is 0 Å². The third-order valence-corrected chi connectivity index (χ3v) is 2.19. The van der Waals surface area contributed by atoms with E-state index in [0.717, 1.165) is 18.2 Å². The molecule has 0 fully saturated rings. The average molecular weight is 266 g/mol. The molecule has 9 heteroatoms. The molecule has 1 aromatic heterocycles. The molecular weight excluding hydrogens is 259 g/mol. The smallest absolute Gasteiger partial charge is 0.337 e. The molecule has 98 valence electrons. The summed E-state index contributed by atoms with van der Waals surface area (Å²) in [5.41, 5.74) is 4.49. The Bertz CT molecular complexity index is 655. The number of nitrogens with two attached hydrogens (primary N) is 1. The first-order valence-corrected chi connectivity index (χ1v) is 4.91. The summed E-state index contributed by atoms with van der Waals surface area (Å²) in [4.78, 5) is 22.6. The van der Waals surface area contributed by atoms with Gasteiger partial charge in [0.2, 0.25) is 11.5 Å². The highest BCUT2D eigenvalue weighted by atomic mass is 19.1. The van der Waals surface area contributed by atoms with Crippen LogP contribution in [0.1, 0.15) is 20.8 Å².